The summed E-state index contributed by atoms with van der Waals surface area (Å²) in [6.07, 6.45) is 2.54. The molecule has 0 aliphatic carbocycles. The average Bonchev–Trinajstić information content (AvgIpc) is 2.58. The van der Waals surface area contributed by atoms with E-state index < -0.39 is 0 Å². The molecule has 2 aromatic carbocycles. The minimum absolute atomic E-state index is 0.0388. The van der Waals surface area contributed by atoms with Crippen molar-refractivity contribution in [3.05, 3.63) is 65.5 Å². The smallest absolute Gasteiger partial charge is 0.163 e. The molecule has 0 bridgehead atoms. The third-order valence-electron chi connectivity index (χ3n) is 5.28. The topological polar surface area (TPSA) is 38.3 Å². The Morgan fingerprint density at radius 1 is 1.04 bits per heavy atom. The van der Waals surface area contributed by atoms with Crippen LogP contribution < -0.4 is 10.1 Å². The highest BCUT2D eigenvalue weighted by atomic mass is 19.1. The second-order valence-electron chi connectivity index (χ2n) is 9.20. The molecule has 4 heteroatoms. The normalized spacial score (nSPS) is 18.6. The fourth-order valence-corrected chi connectivity index (χ4v) is 4.57. The summed E-state index contributed by atoms with van der Waals surface area (Å²) >= 11 is 0. The number of carbonyl (C=O) groups is 1. The predicted octanol–water partition coefficient (Wildman–Crippen LogP) is 5.53. The molecule has 0 amide bonds. The van der Waals surface area contributed by atoms with Crippen LogP contribution in [0.5, 0.6) is 5.75 Å². The van der Waals surface area contributed by atoms with E-state index in [4.69, 9.17) is 4.74 Å². The number of hydrogen-bond donors (Lipinski definition) is 1. The van der Waals surface area contributed by atoms with Gasteiger partial charge in [-0.15, -0.1) is 0 Å². The molecule has 1 aliphatic heterocycles. The lowest BCUT2D eigenvalue weighted by molar-refractivity contribution is 0.0864. The molecule has 0 radical (unpaired) electrons. The molecule has 1 heterocycles. The van der Waals surface area contributed by atoms with Crippen LogP contribution >= 0.6 is 0 Å². The van der Waals surface area contributed by atoms with Crippen molar-refractivity contribution in [1.82, 2.24) is 5.32 Å². The van der Waals surface area contributed by atoms with E-state index in [-0.39, 0.29) is 29.3 Å². The van der Waals surface area contributed by atoms with Crippen LogP contribution in [0.2, 0.25) is 0 Å². The summed E-state index contributed by atoms with van der Waals surface area (Å²) in [6.45, 7) is 8.97. The summed E-state index contributed by atoms with van der Waals surface area (Å²) < 4.78 is 19.3. The number of benzene rings is 2. The Labute approximate surface area is 167 Å². The van der Waals surface area contributed by atoms with Crippen LogP contribution in [-0.4, -0.2) is 16.9 Å². The van der Waals surface area contributed by atoms with Gasteiger partial charge in [-0.05, 0) is 76.8 Å². The van der Waals surface area contributed by atoms with Crippen molar-refractivity contribution in [2.45, 2.75) is 64.6 Å². The van der Waals surface area contributed by atoms with Gasteiger partial charge in [-0.25, -0.2) is 4.39 Å². The lowest BCUT2D eigenvalue weighted by atomic mass is 9.74. The highest BCUT2D eigenvalue weighted by Gasteiger charge is 2.38. The van der Waals surface area contributed by atoms with Crippen LogP contribution in [0.4, 0.5) is 4.39 Å². The molecular formula is C24H30FNO2. The summed E-state index contributed by atoms with van der Waals surface area (Å²) in [6, 6.07) is 13.7. The summed E-state index contributed by atoms with van der Waals surface area (Å²) in [5.74, 6) is 0.890. The fraction of sp³-hybridized carbons (Fsp3) is 0.458. The second kappa shape index (κ2) is 8.04. The third kappa shape index (κ3) is 5.41. The molecule has 0 aromatic heterocycles. The zero-order valence-corrected chi connectivity index (χ0v) is 17.2. The molecule has 150 valence electrons. The molecule has 1 saturated heterocycles. The van der Waals surface area contributed by atoms with Gasteiger partial charge in [0, 0.05) is 28.6 Å². The SMILES string of the molecule is CC1(C)CC(CC(=O)c2ccc(OCc3ccccc3F)cc2)CC(C)(C)N1. The fourth-order valence-electron chi connectivity index (χ4n) is 4.57. The van der Waals surface area contributed by atoms with Crippen LogP contribution in [-0.2, 0) is 6.61 Å². The molecule has 3 rings (SSSR count). The Hall–Kier alpha value is -2.20. The Bertz CT molecular complexity index is 811. The van der Waals surface area contributed by atoms with Gasteiger partial charge in [-0.1, -0.05) is 18.2 Å². The molecule has 3 nitrogen and oxygen atoms in total. The molecule has 28 heavy (non-hydrogen) atoms. The summed E-state index contributed by atoms with van der Waals surface area (Å²) in [5.41, 5.74) is 1.29. The molecular weight excluding hydrogens is 353 g/mol. The first kappa shape index (κ1) is 20.5. The maximum atomic E-state index is 13.7. The summed E-state index contributed by atoms with van der Waals surface area (Å²) in [5, 5.41) is 3.66. The average molecular weight is 384 g/mol. The van der Waals surface area contributed by atoms with Crippen molar-refractivity contribution in [3.63, 3.8) is 0 Å². The number of hydrogen-bond acceptors (Lipinski definition) is 3. The summed E-state index contributed by atoms with van der Waals surface area (Å²) in [7, 11) is 0. The molecule has 0 spiro atoms. The number of nitrogens with one attached hydrogen (secondary N) is 1. The van der Waals surface area contributed by atoms with E-state index in [0.717, 1.165) is 12.8 Å². The van der Waals surface area contributed by atoms with Crippen molar-refractivity contribution in [3.8, 4) is 5.75 Å². The number of ketones is 1. The molecule has 0 atom stereocenters. The zero-order valence-electron chi connectivity index (χ0n) is 17.2. The largest absolute Gasteiger partial charge is 0.489 e. The van der Waals surface area contributed by atoms with E-state index in [1.54, 1.807) is 42.5 Å². The van der Waals surface area contributed by atoms with Gasteiger partial charge in [0.05, 0.1) is 0 Å². The number of ether oxygens (including phenoxy) is 1. The predicted molar refractivity (Wildman–Crippen MR) is 110 cm³/mol. The van der Waals surface area contributed by atoms with Gasteiger partial charge in [-0.3, -0.25) is 4.79 Å². The van der Waals surface area contributed by atoms with Crippen molar-refractivity contribution < 1.29 is 13.9 Å². The van der Waals surface area contributed by atoms with Gasteiger partial charge in [-0.2, -0.15) is 0 Å². The van der Waals surface area contributed by atoms with Crippen molar-refractivity contribution in [2.75, 3.05) is 0 Å². The third-order valence-corrected chi connectivity index (χ3v) is 5.28. The molecule has 2 aromatic rings. The van der Waals surface area contributed by atoms with Crippen LogP contribution in [0.15, 0.2) is 48.5 Å². The first-order chi connectivity index (χ1) is 13.1. The lowest BCUT2D eigenvalue weighted by Gasteiger charge is -2.46. The van der Waals surface area contributed by atoms with E-state index in [9.17, 15) is 9.18 Å². The van der Waals surface area contributed by atoms with E-state index in [1.165, 1.54) is 6.07 Å². The van der Waals surface area contributed by atoms with Crippen LogP contribution in [0.25, 0.3) is 0 Å². The first-order valence-electron chi connectivity index (χ1n) is 9.92. The van der Waals surface area contributed by atoms with Crippen molar-refractivity contribution in [2.24, 2.45) is 5.92 Å². The number of carbonyl (C=O) groups excluding carboxylic acids is 1. The van der Waals surface area contributed by atoms with E-state index in [2.05, 4.69) is 33.0 Å². The minimum atomic E-state index is -0.276. The number of rotatable bonds is 6. The lowest BCUT2D eigenvalue weighted by Crippen LogP contribution is -2.57. The van der Waals surface area contributed by atoms with Gasteiger partial charge in [0.2, 0.25) is 0 Å². The monoisotopic (exact) mass is 383 g/mol. The Morgan fingerprint density at radius 3 is 2.25 bits per heavy atom. The maximum absolute atomic E-state index is 13.7. The first-order valence-corrected chi connectivity index (χ1v) is 9.92. The number of Topliss-reactive ketones (excluding diaryl/α,β-unsaturated/α-hetero) is 1. The highest BCUT2D eigenvalue weighted by molar-refractivity contribution is 5.96. The van der Waals surface area contributed by atoms with Crippen molar-refractivity contribution in [1.29, 1.82) is 0 Å². The Balaban J connectivity index is 1.58. The van der Waals surface area contributed by atoms with Crippen molar-refractivity contribution >= 4 is 5.78 Å². The molecule has 1 N–H and O–H groups in total. The zero-order chi connectivity index (χ0) is 20.4. The van der Waals surface area contributed by atoms with Crippen LogP contribution in [0.3, 0.4) is 0 Å². The standard InChI is InChI=1S/C24H30FNO2/c1-23(2)14-17(15-24(3,4)26-23)13-22(27)18-9-11-20(12-10-18)28-16-19-7-5-6-8-21(19)25/h5-12,17,26H,13-16H2,1-4H3. The van der Waals surface area contributed by atoms with Crippen LogP contribution in [0.1, 0.15) is 62.9 Å². The molecule has 0 saturated carbocycles. The van der Waals surface area contributed by atoms with Crippen LogP contribution in [0, 0.1) is 11.7 Å². The quantitative estimate of drug-likeness (QED) is 0.666. The van der Waals surface area contributed by atoms with E-state index in [0.29, 0.717) is 29.2 Å². The Morgan fingerprint density at radius 2 is 1.64 bits per heavy atom. The summed E-state index contributed by atoms with van der Waals surface area (Å²) in [4.78, 5) is 12.8. The van der Waals surface area contributed by atoms with Gasteiger partial charge in [0.1, 0.15) is 18.2 Å². The van der Waals surface area contributed by atoms with Gasteiger partial charge >= 0.3 is 0 Å². The molecule has 1 aliphatic rings. The Kier molecular flexibility index (Phi) is 5.90. The minimum Gasteiger partial charge on any atom is -0.489 e. The van der Waals surface area contributed by atoms with Gasteiger partial charge < -0.3 is 10.1 Å². The van der Waals surface area contributed by atoms with Gasteiger partial charge in [0.15, 0.2) is 5.78 Å². The molecule has 1 fully saturated rings. The maximum Gasteiger partial charge on any atom is 0.163 e. The number of halogens is 1. The van der Waals surface area contributed by atoms with E-state index >= 15 is 0 Å². The molecule has 0 unspecified atom stereocenters. The second-order valence-corrected chi connectivity index (χ2v) is 9.20. The highest BCUT2D eigenvalue weighted by Crippen LogP contribution is 2.35. The van der Waals surface area contributed by atoms with Gasteiger partial charge in [0.25, 0.3) is 0 Å². The van der Waals surface area contributed by atoms with E-state index in [1.807, 2.05) is 0 Å². The number of piperidine rings is 1.